The van der Waals surface area contributed by atoms with Crippen molar-refractivity contribution >= 4 is 39.1 Å². The number of hydrogen-bond donors (Lipinski definition) is 4. The van der Waals surface area contributed by atoms with E-state index in [9.17, 15) is 27.9 Å². The summed E-state index contributed by atoms with van der Waals surface area (Å²) in [5.41, 5.74) is 0. The van der Waals surface area contributed by atoms with Crippen LogP contribution in [0.15, 0.2) is 47.4 Å². The molecule has 5 N–H and O–H groups in total. The highest BCUT2D eigenvalue weighted by molar-refractivity contribution is 7.89. The topological polar surface area (TPSA) is 159 Å². The standard InChI is InChI=1S/C18H22N4O6S2/c1-2-10-22(19)17(24)15-9-8-14(29-15)16(23)20-11-13(18(25)26)21-30(27,28)12-6-4-3-5-7-12/h3-9,13,21H,2,10-11,19H2,1H3,(H,20,23)(H,25,26). The molecule has 0 saturated carbocycles. The normalized spacial score (nSPS) is 12.2. The second-order valence-electron chi connectivity index (χ2n) is 6.20. The Morgan fingerprint density at radius 2 is 1.77 bits per heavy atom. The molecule has 2 aromatic rings. The van der Waals surface area contributed by atoms with Crippen LogP contribution < -0.4 is 15.9 Å². The van der Waals surface area contributed by atoms with Crippen molar-refractivity contribution in [3.63, 3.8) is 0 Å². The molecule has 162 valence electrons. The van der Waals surface area contributed by atoms with Crippen LogP contribution in [-0.2, 0) is 14.8 Å². The highest BCUT2D eigenvalue weighted by atomic mass is 32.2. The van der Waals surface area contributed by atoms with E-state index in [0.29, 0.717) is 13.0 Å². The molecular weight excluding hydrogens is 432 g/mol. The summed E-state index contributed by atoms with van der Waals surface area (Å²) in [5.74, 6) is 3.13. The number of nitrogens with one attached hydrogen (secondary N) is 2. The molecular formula is C18H22N4O6S2. The van der Waals surface area contributed by atoms with Gasteiger partial charge in [-0.05, 0) is 30.7 Å². The van der Waals surface area contributed by atoms with E-state index in [1.165, 1.54) is 36.4 Å². The van der Waals surface area contributed by atoms with Gasteiger partial charge in [0.1, 0.15) is 6.04 Å². The van der Waals surface area contributed by atoms with Gasteiger partial charge in [0.2, 0.25) is 10.0 Å². The van der Waals surface area contributed by atoms with Gasteiger partial charge in [0.05, 0.1) is 14.6 Å². The zero-order chi connectivity index (χ0) is 22.3. The van der Waals surface area contributed by atoms with Gasteiger partial charge in [0.15, 0.2) is 0 Å². The third kappa shape index (κ3) is 6.10. The number of carboxylic acids is 1. The number of carbonyl (C=O) groups is 3. The molecule has 0 aliphatic carbocycles. The van der Waals surface area contributed by atoms with E-state index < -0.39 is 40.4 Å². The first kappa shape index (κ1) is 23.5. The van der Waals surface area contributed by atoms with Crippen molar-refractivity contribution in [3.05, 3.63) is 52.2 Å². The molecule has 2 amide bonds. The van der Waals surface area contributed by atoms with Crippen LogP contribution in [0, 0.1) is 0 Å². The van der Waals surface area contributed by atoms with Crippen molar-refractivity contribution in [3.8, 4) is 0 Å². The third-order valence-electron chi connectivity index (χ3n) is 3.88. The van der Waals surface area contributed by atoms with Gasteiger partial charge in [-0.15, -0.1) is 11.3 Å². The number of rotatable bonds is 10. The number of sulfonamides is 1. The lowest BCUT2D eigenvalue weighted by Gasteiger charge is -2.15. The first-order chi connectivity index (χ1) is 14.2. The van der Waals surface area contributed by atoms with E-state index in [4.69, 9.17) is 5.84 Å². The Kier molecular flexibility index (Phi) is 8.06. The highest BCUT2D eigenvalue weighted by Gasteiger charge is 2.26. The maximum Gasteiger partial charge on any atom is 0.323 e. The predicted octanol–water partition coefficient (Wildman–Crippen LogP) is 0.636. The number of nitrogens with zero attached hydrogens (tertiary/aromatic N) is 1. The van der Waals surface area contributed by atoms with Crippen molar-refractivity contribution < 1.29 is 27.9 Å². The summed E-state index contributed by atoms with van der Waals surface area (Å²) in [4.78, 5) is 36.2. The Hall–Kier alpha value is -2.80. The lowest BCUT2D eigenvalue weighted by Crippen LogP contribution is -2.48. The number of benzene rings is 1. The zero-order valence-corrected chi connectivity index (χ0v) is 17.7. The van der Waals surface area contributed by atoms with Crippen LogP contribution in [0.3, 0.4) is 0 Å². The molecule has 12 heteroatoms. The smallest absolute Gasteiger partial charge is 0.323 e. The molecule has 0 aliphatic heterocycles. The minimum atomic E-state index is -4.08. The molecule has 30 heavy (non-hydrogen) atoms. The first-order valence-electron chi connectivity index (χ1n) is 8.90. The second kappa shape index (κ2) is 10.3. The summed E-state index contributed by atoms with van der Waals surface area (Å²) in [5, 5.41) is 12.7. The van der Waals surface area contributed by atoms with Gasteiger partial charge in [0.25, 0.3) is 11.8 Å². The lowest BCUT2D eigenvalue weighted by atomic mass is 10.3. The third-order valence-corrected chi connectivity index (χ3v) is 6.44. The van der Waals surface area contributed by atoms with E-state index in [2.05, 4.69) is 10.0 Å². The molecule has 1 atom stereocenters. The maximum absolute atomic E-state index is 12.3. The van der Waals surface area contributed by atoms with Crippen molar-refractivity contribution in [2.75, 3.05) is 13.1 Å². The quantitative estimate of drug-likeness (QED) is 0.233. The van der Waals surface area contributed by atoms with E-state index >= 15 is 0 Å². The number of aliphatic carboxylic acids is 1. The Morgan fingerprint density at radius 1 is 1.13 bits per heavy atom. The molecule has 0 radical (unpaired) electrons. The Bertz CT molecular complexity index is 1010. The number of thiophene rings is 1. The van der Waals surface area contributed by atoms with Crippen LogP contribution >= 0.6 is 11.3 Å². The number of amides is 2. The van der Waals surface area contributed by atoms with Gasteiger partial charge >= 0.3 is 5.97 Å². The summed E-state index contributed by atoms with van der Waals surface area (Å²) < 4.78 is 26.7. The molecule has 0 fully saturated rings. The largest absolute Gasteiger partial charge is 0.480 e. The summed E-state index contributed by atoms with van der Waals surface area (Å²) >= 11 is 0.904. The second-order valence-corrected chi connectivity index (χ2v) is 9.00. The molecule has 0 bridgehead atoms. The van der Waals surface area contributed by atoms with Crippen molar-refractivity contribution in [1.82, 2.24) is 15.0 Å². The zero-order valence-electron chi connectivity index (χ0n) is 16.1. The monoisotopic (exact) mass is 454 g/mol. The van der Waals surface area contributed by atoms with E-state index in [1.54, 1.807) is 6.07 Å². The highest BCUT2D eigenvalue weighted by Crippen LogP contribution is 2.18. The summed E-state index contributed by atoms with van der Waals surface area (Å²) in [6, 6.07) is 8.56. The van der Waals surface area contributed by atoms with Crippen molar-refractivity contribution in [1.29, 1.82) is 0 Å². The molecule has 0 aliphatic rings. The number of hydrazine groups is 1. The molecule has 2 rings (SSSR count). The molecule has 1 aromatic carbocycles. The van der Waals surface area contributed by atoms with Crippen LogP contribution in [0.4, 0.5) is 0 Å². The lowest BCUT2D eigenvalue weighted by molar-refractivity contribution is -0.138. The van der Waals surface area contributed by atoms with Gasteiger partial charge in [-0.2, -0.15) is 4.72 Å². The number of carboxylic acid groups (broad SMARTS) is 1. The van der Waals surface area contributed by atoms with Crippen molar-refractivity contribution in [2.24, 2.45) is 5.84 Å². The van der Waals surface area contributed by atoms with Gasteiger partial charge < -0.3 is 10.4 Å². The molecule has 1 heterocycles. The van der Waals surface area contributed by atoms with Crippen molar-refractivity contribution in [2.45, 2.75) is 24.3 Å². The maximum atomic E-state index is 12.3. The van der Waals surface area contributed by atoms with E-state index in [0.717, 1.165) is 16.3 Å². The molecule has 1 unspecified atom stereocenters. The average Bonchev–Trinajstić information content (AvgIpc) is 3.21. The number of nitrogens with two attached hydrogens (primary N) is 1. The summed E-state index contributed by atoms with van der Waals surface area (Å²) in [6.45, 7) is 1.74. The van der Waals surface area contributed by atoms with Crippen LogP contribution in [0.5, 0.6) is 0 Å². The molecule has 10 nitrogen and oxygen atoms in total. The number of hydrogen-bond acceptors (Lipinski definition) is 7. The minimum absolute atomic E-state index is 0.0950. The van der Waals surface area contributed by atoms with Gasteiger partial charge in [-0.3, -0.25) is 19.4 Å². The predicted molar refractivity (Wildman–Crippen MR) is 110 cm³/mol. The Morgan fingerprint density at radius 3 is 2.37 bits per heavy atom. The van der Waals surface area contributed by atoms with Crippen LogP contribution in [-0.4, -0.2) is 55.4 Å². The van der Waals surface area contributed by atoms with Gasteiger partial charge in [-0.1, -0.05) is 25.1 Å². The van der Waals surface area contributed by atoms with E-state index in [-0.39, 0.29) is 14.6 Å². The minimum Gasteiger partial charge on any atom is -0.480 e. The first-order valence-corrected chi connectivity index (χ1v) is 11.2. The van der Waals surface area contributed by atoms with Crippen LogP contribution in [0.2, 0.25) is 0 Å². The fourth-order valence-corrected chi connectivity index (χ4v) is 4.46. The summed E-state index contributed by atoms with van der Waals surface area (Å²) in [7, 11) is -4.08. The molecule has 1 aromatic heterocycles. The van der Waals surface area contributed by atoms with Gasteiger partial charge in [0, 0.05) is 13.1 Å². The Labute approximate surface area is 177 Å². The molecule has 0 spiro atoms. The van der Waals surface area contributed by atoms with Crippen LogP contribution in [0.1, 0.15) is 32.7 Å². The summed E-state index contributed by atoms with van der Waals surface area (Å²) in [6.07, 6.45) is 0.677. The Balaban J connectivity index is 2.02. The van der Waals surface area contributed by atoms with Crippen LogP contribution in [0.25, 0.3) is 0 Å². The SMILES string of the molecule is CCCN(N)C(=O)c1ccc(C(=O)NCC(NS(=O)(=O)c2ccccc2)C(=O)O)s1. The fourth-order valence-electron chi connectivity index (χ4n) is 2.38. The van der Waals surface area contributed by atoms with Gasteiger partial charge in [-0.25, -0.2) is 14.3 Å². The average molecular weight is 455 g/mol. The number of carbonyl (C=O) groups excluding carboxylic acids is 2. The fraction of sp³-hybridized carbons (Fsp3) is 0.278. The molecule has 0 saturated heterocycles. The van der Waals surface area contributed by atoms with E-state index in [1.807, 2.05) is 6.92 Å².